The molecule has 0 aromatic heterocycles. The summed E-state index contributed by atoms with van der Waals surface area (Å²) in [5, 5.41) is 8.83. The number of carbonyl (C=O) groups is 2. The second-order valence-corrected chi connectivity index (χ2v) is 9.73. The Hall–Kier alpha value is -2.89. The van der Waals surface area contributed by atoms with Crippen molar-refractivity contribution in [3.05, 3.63) is 58.4 Å². The Bertz CT molecular complexity index is 1040. The summed E-state index contributed by atoms with van der Waals surface area (Å²) in [5.41, 5.74) is 1.75. The molecule has 0 radical (unpaired) electrons. The van der Waals surface area contributed by atoms with Crippen molar-refractivity contribution >= 4 is 11.9 Å². The molecular formula is C27H35FO5. The third kappa shape index (κ3) is 6.12. The average Bonchev–Trinajstić information content (AvgIpc) is 2.69. The molecule has 1 heterocycles. The molecule has 0 aliphatic carbocycles. The van der Waals surface area contributed by atoms with E-state index in [1.54, 1.807) is 12.1 Å². The van der Waals surface area contributed by atoms with Crippen LogP contribution in [0, 0.1) is 5.82 Å². The van der Waals surface area contributed by atoms with Crippen LogP contribution in [-0.4, -0.2) is 22.6 Å². The van der Waals surface area contributed by atoms with Gasteiger partial charge in [-0.15, -0.1) is 0 Å². The van der Waals surface area contributed by atoms with Gasteiger partial charge in [0.25, 0.3) is 0 Å². The van der Waals surface area contributed by atoms with Gasteiger partial charge in [-0.1, -0.05) is 47.6 Å². The molecule has 3 rings (SSSR count). The zero-order valence-corrected chi connectivity index (χ0v) is 20.8. The van der Waals surface area contributed by atoms with Crippen LogP contribution in [0.1, 0.15) is 94.8 Å². The molecule has 0 atom stereocenters. The topological polar surface area (TPSA) is 72.8 Å². The summed E-state index contributed by atoms with van der Waals surface area (Å²) in [6.07, 6.45) is 0.355. The normalized spacial score (nSPS) is 15.6. The predicted molar refractivity (Wildman–Crippen MR) is 127 cm³/mol. The Morgan fingerprint density at radius 1 is 1.12 bits per heavy atom. The summed E-state index contributed by atoms with van der Waals surface area (Å²) in [6.45, 7) is 16.5. The first-order valence-corrected chi connectivity index (χ1v) is 11.4. The standard InChI is InChI=1S/C25H29FO5.C2H6/c1-14(2)18-9-16(10-19-22(18)31-25(5,6)13-24(19,3)4)23(29)30-17-8-7-15(11-21(27)28)20(26)12-17;1-2/h7-10,12,14H,11,13H2,1-6H3,(H,27,28);1-2H3. The van der Waals surface area contributed by atoms with Crippen molar-refractivity contribution in [3.8, 4) is 11.5 Å². The maximum Gasteiger partial charge on any atom is 0.343 e. The maximum absolute atomic E-state index is 14.2. The van der Waals surface area contributed by atoms with Gasteiger partial charge in [0.2, 0.25) is 0 Å². The number of ether oxygens (including phenoxy) is 2. The summed E-state index contributed by atoms with van der Waals surface area (Å²) < 4.78 is 25.9. The van der Waals surface area contributed by atoms with Gasteiger partial charge in [0.1, 0.15) is 22.9 Å². The van der Waals surface area contributed by atoms with Crippen LogP contribution in [0.15, 0.2) is 30.3 Å². The maximum atomic E-state index is 14.2. The summed E-state index contributed by atoms with van der Waals surface area (Å²) in [5.74, 6) is -1.49. The lowest BCUT2D eigenvalue weighted by Gasteiger charge is -2.43. The van der Waals surface area contributed by atoms with Crippen LogP contribution >= 0.6 is 0 Å². The van der Waals surface area contributed by atoms with E-state index in [2.05, 4.69) is 27.7 Å². The molecule has 2 aromatic carbocycles. The molecule has 1 N–H and O–H groups in total. The zero-order chi connectivity index (χ0) is 25.1. The highest BCUT2D eigenvalue weighted by Crippen LogP contribution is 2.48. The molecule has 180 valence electrons. The molecule has 0 fully saturated rings. The van der Waals surface area contributed by atoms with Crippen LogP contribution in [0.4, 0.5) is 4.39 Å². The third-order valence-electron chi connectivity index (χ3n) is 5.53. The number of aliphatic carboxylic acids is 1. The van der Waals surface area contributed by atoms with Crippen LogP contribution in [0.25, 0.3) is 0 Å². The fraction of sp³-hybridized carbons (Fsp3) is 0.481. The van der Waals surface area contributed by atoms with E-state index < -0.39 is 24.2 Å². The lowest BCUT2D eigenvalue weighted by Crippen LogP contribution is -2.42. The zero-order valence-electron chi connectivity index (χ0n) is 20.8. The Balaban J connectivity index is 0.00000187. The minimum atomic E-state index is -1.13. The van der Waals surface area contributed by atoms with E-state index in [1.165, 1.54) is 12.1 Å². The van der Waals surface area contributed by atoms with E-state index in [0.717, 1.165) is 29.4 Å². The molecule has 2 aromatic rings. The van der Waals surface area contributed by atoms with Crippen LogP contribution < -0.4 is 9.47 Å². The quantitative estimate of drug-likeness (QED) is 0.401. The van der Waals surface area contributed by atoms with Gasteiger partial charge >= 0.3 is 11.9 Å². The number of hydrogen-bond donors (Lipinski definition) is 1. The molecule has 0 saturated carbocycles. The number of carboxylic acid groups (broad SMARTS) is 1. The third-order valence-corrected chi connectivity index (χ3v) is 5.53. The first-order chi connectivity index (χ1) is 15.3. The van der Waals surface area contributed by atoms with E-state index >= 15 is 0 Å². The van der Waals surface area contributed by atoms with Gasteiger partial charge < -0.3 is 14.6 Å². The van der Waals surface area contributed by atoms with Gasteiger partial charge in [0.15, 0.2) is 0 Å². The van der Waals surface area contributed by atoms with Gasteiger partial charge in [-0.2, -0.15) is 0 Å². The number of rotatable bonds is 5. The molecule has 1 aliphatic heterocycles. The summed E-state index contributed by atoms with van der Waals surface area (Å²) >= 11 is 0. The second kappa shape index (κ2) is 9.94. The Morgan fingerprint density at radius 2 is 1.76 bits per heavy atom. The minimum Gasteiger partial charge on any atom is -0.487 e. The average molecular weight is 459 g/mol. The number of benzene rings is 2. The molecule has 0 saturated heterocycles. The lowest BCUT2D eigenvalue weighted by atomic mass is 9.72. The smallest absolute Gasteiger partial charge is 0.343 e. The minimum absolute atomic E-state index is 0.0251. The number of esters is 1. The molecule has 0 unspecified atom stereocenters. The predicted octanol–water partition coefficient (Wildman–Crippen LogP) is 6.66. The number of carbonyl (C=O) groups excluding carboxylic acids is 1. The Morgan fingerprint density at radius 3 is 2.30 bits per heavy atom. The first kappa shape index (κ1) is 26.4. The lowest BCUT2D eigenvalue weighted by molar-refractivity contribution is -0.136. The van der Waals surface area contributed by atoms with Crippen LogP contribution in [-0.2, 0) is 16.6 Å². The van der Waals surface area contributed by atoms with Gasteiger partial charge in [-0.05, 0) is 60.9 Å². The molecule has 0 amide bonds. The van der Waals surface area contributed by atoms with Gasteiger partial charge in [0.05, 0.1) is 12.0 Å². The van der Waals surface area contributed by atoms with Crippen molar-refractivity contribution in [1.82, 2.24) is 0 Å². The van der Waals surface area contributed by atoms with Crippen molar-refractivity contribution in [3.63, 3.8) is 0 Å². The van der Waals surface area contributed by atoms with E-state index in [1.807, 2.05) is 27.7 Å². The number of hydrogen-bond acceptors (Lipinski definition) is 4. The van der Waals surface area contributed by atoms with Crippen molar-refractivity contribution < 1.29 is 28.6 Å². The van der Waals surface area contributed by atoms with Crippen LogP contribution in [0.3, 0.4) is 0 Å². The van der Waals surface area contributed by atoms with Crippen LogP contribution in [0.2, 0.25) is 0 Å². The van der Waals surface area contributed by atoms with Gasteiger partial charge in [-0.25, -0.2) is 9.18 Å². The monoisotopic (exact) mass is 458 g/mol. The van der Waals surface area contributed by atoms with E-state index in [4.69, 9.17) is 14.6 Å². The van der Waals surface area contributed by atoms with E-state index in [-0.39, 0.29) is 28.2 Å². The van der Waals surface area contributed by atoms with Crippen molar-refractivity contribution in [2.24, 2.45) is 0 Å². The fourth-order valence-electron chi connectivity index (χ4n) is 4.35. The largest absolute Gasteiger partial charge is 0.487 e. The summed E-state index contributed by atoms with van der Waals surface area (Å²) in [4.78, 5) is 23.7. The van der Waals surface area contributed by atoms with E-state index in [9.17, 15) is 14.0 Å². The Labute approximate surface area is 195 Å². The second-order valence-electron chi connectivity index (χ2n) is 9.73. The molecule has 1 aliphatic rings. The number of carboxylic acids is 1. The highest BCUT2D eigenvalue weighted by atomic mass is 19.1. The summed E-state index contributed by atoms with van der Waals surface area (Å²) in [6, 6.07) is 7.33. The molecule has 33 heavy (non-hydrogen) atoms. The SMILES string of the molecule is CC.CC(C)c1cc(C(=O)Oc2ccc(CC(=O)O)c(F)c2)cc2c1OC(C)(C)CC2(C)C. The molecule has 5 nitrogen and oxygen atoms in total. The van der Waals surface area contributed by atoms with Gasteiger partial charge in [0, 0.05) is 11.6 Å². The Kier molecular flexibility index (Phi) is 7.94. The van der Waals surface area contributed by atoms with Crippen molar-refractivity contribution in [2.45, 2.75) is 85.2 Å². The summed E-state index contributed by atoms with van der Waals surface area (Å²) in [7, 11) is 0. The fourth-order valence-corrected chi connectivity index (χ4v) is 4.35. The molecule has 6 heteroatoms. The molecular weight excluding hydrogens is 423 g/mol. The number of halogens is 1. The molecule has 0 spiro atoms. The van der Waals surface area contributed by atoms with Crippen LogP contribution in [0.5, 0.6) is 11.5 Å². The van der Waals surface area contributed by atoms with Crippen molar-refractivity contribution in [2.75, 3.05) is 0 Å². The highest BCUT2D eigenvalue weighted by Gasteiger charge is 2.41. The van der Waals surface area contributed by atoms with Gasteiger partial charge in [-0.3, -0.25) is 4.79 Å². The number of fused-ring (bicyclic) bond motifs is 1. The first-order valence-electron chi connectivity index (χ1n) is 11.4. The molecule has 0 bridgehead atoms. The van der Waals surface area contributed by atoms with E-state index in [0.29, 0.717) is 5.56 Å². The highest BCUT2D eigenvalue weighted by molar-refractivity contribution is 5.92. The van der Waals surface area contributed by atoms with Crippen molar-refractivity contribution in [1.29, 1.82) is 0 Å².